The van der Waals surface area contributed by atoms with E-state index in [1.54, 1.807) is 24.3 Å². The Bertz CT molecular complexity index is 1180. The largest absolute Gasteiger partial charge is 0.322 e. The Morgan fingerprint density at radius 2 is 1.53 bits per heavy atom. The number of anilines is 2. The molecule has 0 radical (unpaired) electrons. The van der Waals surface area contributed by atoms with Crippen LogP contribution in [0.5, 0.6) is 0 Å². The molecule has 3 aromatic rings. The van der Waals surface area contributed by atoms with Crippen molar-refractivity contribution in [3.05, 3.63) is 100 Å². The lowest BCUT2D eigenvalue weighted by Gasteiger charge is -2.09. The third kappa shape index (κ3) is 4.96. The number of aryl methyl sites for hydroxylation is 2. The molecule has 0 saturated carbocycles. The van der Waals surface area contributed by atoms with Crippen molar-refractivity contribution in [1.82, 2.24) is 0 Å². The molecule has 0 fully saturated rings. The number of fused-ring (bicyclic) bond motifs is 1. The van der Waals surface area contributed by atoms with Crippen LogP contribution in [0.1, 0.15) is 33.5 Å². The summed E-state index contributed by atoms with van der Waals surface area (Å²) < 4.78 is 27.0. The minimum atomic E-state index is -3.65. The van der Waals surface area contributed by atoms with Crippen molar-refractivity contribution < 1.29 is 13.2 Å². The van der Waals surface area contributed by atoms with Crippen LogP contribution in [0.2, 0.25) is 0 Å². The molecule has 1 aliphatic rings. The summed E-state index contributed by atoms with van der Waals surface area (Å²) >= 11 is 0. The van der Waals surface area contributed by atoms with Gasteiger partial charge in [0.2, 0.25) is 0 Å². The summed E-state index contributed by atoms with van der Waals surface area (Å²) in [5.74, 6) is -0.230. The highest BCUT2D eigenvalue weighted by Crippen LogP contribution is 2.25. The van der Waals surface area contributed by atoms with E-state index in [0.29, 0.717) is 11.3 Å². The lowest BCUT2D eigenvalue weighted by atomic mass is 10.1. The highest BCUT2D eigenvalue weighted by Gasteiger charge is 2.13. The van der Waals surface area contributed by atoms with Crippen molar-refractivity contribution in [3.8, 4) is 0 Å². The average Bonchev–Trinajstić information content (AvgIpc) is 3.21. The summed E-state index contributed by atoms with van der Waals surface area (Å²) in [5, 5.41) is 4.03. The zero-order valence-corrected chi connectivity index (χ0v) is 17.2. The van der Waals surface area contributed by atoms with Crippen LogP contribution in [0, 0.1) is 0 Å². The standard InChI is InChI=1S/C24H22N2O3S/c27-24(25-23-14-9-19-7-4-8-21(19)17-23)20-10-12-22(13-11-20)26-30(28,29)16-15-18-5-2-1-3-6-18/h1-3,5-6,9-17,26H,4,7-8H2,(H,25,27). The third-order valence-corrected chi connectivity index (χ3v) is 6.02. The predicted molar refractivity (Wildman–Crippen MR) is 121 cm³/mol. The van der Waals surface area contributed by atoms with E-state index >= 15 is 0 Å². The minimum absolute atomic E-state index is 0.230. The summed E-state index contributed by atoms with van der Waals surface area (Å²) in [6.45, 7) is 0. The normalized spacial score (nSPS) is 13.2. The molecule has 30 heavy (non-hydrogen) atoms. The van der Waals surface area contributed by atoms with Crippen LogP contribution in [0.4, 0.5) is 11.4 Å². The van der Waals surface area contributed by atoms with Crippen LogP contribution < -0.4 is 10.0 Å². The van der Waals surface area contributed by atoms with Crippen LogP contribution in [-0.4, -0.2) is 14.3 Å². The fourth-order valence-electron chi connectivity index (χ4n) is 3.47. The van der Waals surface area contributed by atoms with Crippen molar-refractivity contribution >= 4 is 33.4 Å². The topological polar surface area (TPSA) is 75.3 Å². The fourth-order valence-corrected chi connectivity index (χ4v) is 4.34. The van der Waals surface area contributed by atoms with Crippen molar-refractivity contribution in [3.63, 3.8) is 0 Å². The maximum absolute atomic E-state index is 12.5. The van der Waals surface area contributed by atoms with Crippen LogP contribution in [0.25, 0.3) is 6.08 Å². The SMILES string of the molecule is O=C(Nc1ccc2c(c1)CCC2)c1ccc(NS(=O)(=O)C=Cc2ccccc2)cc1. The maximum atomic E-state index is 12.5. The van der Waals surface area contributed by atoms with Gasteiger partial charge in [0.1, 0.15) is 0 Å². The van der Waals surface area contributed by atoms with Gasteiger partial charge in [-0.1, -0.05) is 36.4 Å². The number of carbonyl (C=O) groups is 1. The van der Waals surface area contributed by atoms with E-state index < -0.39 is 10.0 Å². The second-order valence-electron chi connectivity index (χ2n) is 7.23. The quantitative estimate of drug-likeness (QED) is 0.601. The first-order valence-electron chi connectivity index (χ1n) is 9.78. The van der Waals surface area contributed by atoms with Gasteiger partial charge < -0.3 is 5.32 Å². The molecule has 0 heterocycles. The maximum Gasteiger partial charge on any atom is 0.255 e. The zero-order chi connectivity index (χ0) is 21.0. The van der Waals surface area contributed by atoms with Crippen LogP contribution in [-0.2, 0) is 22.9 Å². The van der Waals surface area contributed by atoms with E-state index in [2.05, 4.69) is 16.1 Å². The molecule has 0 unspecified atom stereocenters. The van der Waals surface area contributed by atoms with Gasteiger partial charge in [0.15, 0.2) is 0 Å². The van der Waals surface area contributed by atoms with Gasteiger partial charge >= 0.3 is 0 Å². The molecule has 0 bridgehead atoms. The number of sulfonamides is 1. The first kappa shape index (κ1) is 19.9. The monoisotopic (exact) mass is 418 g/mol. The van der Waals surface area contributed by atoms with E-state index in [4.69, 9.17) is 0 Å². The summed E-state index contributed by atoms with van der Waals surface area (Å²) in [5.41, 5.74) is 5.06. The molecule has 2 N–H and O–H groups in total. The lowest BCUT2D eigenvalue weighted by molar-refractivity contribution is 0.102. The number of nitrogens with one attached hydrogen (secondary N) is 2. The molecule has 0 aromatic heterocycles. The highest BCUT2D eigenvalue weighted by atomic mass is 32.2. The molecular weight excluding hydrogens is 396 g/mol. The van der Waals surface area contributed by atoms with Crippen molar-refractivity contribution in [2.75, 3.05) is 10.0 Å². The minimum Gasteiger partial charge on any atom is -0.322 e. The number of rotatable bonds is 6. The molecule has 4 rings (SSSR count). The molecule has 3 aromatic carbocycles. The van der Waals surface area contributed by atoms with E-state index in [1.807, 2.05) is 42.5 Å². The summed E-state index contributed by atoms with van der Waals surface area (Å²) in [6.07, 6.45) is 4.83. The van der Waals surface area contributed by atoms with Gasteiger partial charge in [-0.15, -0.1) is 0 Å². The molecule has 1 amide bonds. The van der Waals surface area contributed by atoms with Gasteiger partial charge in [-0.25, -0.2) is 8.42 Å². The van der Waals surface area contributed by atoms with Crippen LogP contribution >= 0.6 is 0 Å². The molecule has 0 spiro atoms. The summed E-state index contributed by atoms with van der Waals surface area (Å²) in [6, 6.07) is 21.6. The Kier molecular flexibility index (Phi) is 5.68. The molecule has 0 atom stereocenters. The Balaban J connectivity index is 1.39. The van der Waals surface area contributed by atoms with Crippen LogP contribution in [0.15, 0.2) is 78.2 Å². The highest BCUT2D eigenvalue weighted by molar-refractivity contribution is 7.95. The summed E-state index contributed by atoms with van der Waals surface area (Å²) in [4.78, 5) is 12.5. The van der Waals surface area contributed by atoms with Gasteiger partial charge in [0.05, 0.1) is 5.41 Å². The molecular formula is C24H22N2O3S. The number of hydrogen-bond acceptors (Lipinski definition) is 3. The van der Waals surface area contributed by atoms with Crippen molar-refractivity contribution in [2.45, 2.75) is 19.3 Å². The van der Waals surface area contributed by atoms with E-state index in [1.165, 1.54) is 17.2 Å². The number of benzene rings is 3. The van der Waals surface area contributed by atoms with Gasteiger partial charge in [-0.3, -0.25) is 9.52 Å². The third-order valence-electron chi connectivity index (χ3n) is 5.00. The Morgan fingerprint density at radius 3 is 2.30 bits per heavy atom. The van der Waals surface area contributed by atoms with Gasteiger partial charge in [-0.05, 0) is 78.4 Å². The molecule has 1 aliphatic carbocycles. The van der Waals surface area contributed by atoms with Crippen molar-refractivity contribution in [2.24, 2.45) is 0 Å². The zero-order valence-electron chi connectivity index (χ0n) is 16.3. The Hall–Kier alpha value is -3.38. The Morgan fingerprint density at radius 1 is 0.833 bits per heavy atom. The predicted octanol–water partition coefficient (Wildman–Crippen LogP) is 4.84. The fraction of sp³-hybridized carbons (Fsp3) is 0.125. The summed E-state index contributed by atoms with van der Waals surface area (Å²) in [7, 11) is -3.65. The molecule has 0 aliphatic heterocycles. The molecule has 6 heteroatoms. The molecule has 152 valence electrons. The number of hydrogen-bond donors (Lipinski definition) is 2. The second-order valence-corrected chi connectivity index (χ2v) is 8.80. The molecule has 5 nitrogen and oxygen atoms in total. The van der Waals surface area contributed by atoms with Gasteiger partial charge in [-0.2, -0.15) is 0 Å². The first-order valence-corrected chi connectivity index (χ1v) is 11.3. The Labute approximate surface area is 176 Å². The van der Waals surface area contributed by atoms with E-state index in [9.17, 15) is 13.2 Å². The van der Waals surface area contributed by atoms with Crippen LogP contribution in [0.3, 0.4) is 0 Å². The van der Waals surface area contributed by atoms with Gasteiger partial charge in [0, 0.05) is 16.9 Å². The first-order chi connectivity index (χ1) is 14.5. The number of amides is 1. The number of carbonyl (C=O) groups excluding carboxylic acids is 1. The smallest absolute Gasteiger partial charge is 0.255 e. The van der Waals surface area contributed by atoms with Gasteiger partial charge in [0.25, 0.3) is 15.9 Å². The average molecular weight is 419 g/mol. The lowest BCUT2D eigenvalue weighted by Crippen LogP contribution is -2.13. The van der Waals surface area contributed by atoms with E-state index in [0.717, 1.165) is 35.9 Å². The van der Waals surface area contributed by atoms with E-state index in [-0.39, 0.29) is 5.91 Å². The van der Waals surface area contributed by atoms with Crippen molar-refractivity contribution in [1.29, 1.82) is 0 Å². The molecule has 0 saturated heterocycles. The second kappa shape index (κ2) is 8.55.